The van der Waals surface area contributed by atoms with Crippen molar-refractivity contribution in [3.8, 4) is 22.4 Å². The molecule has 8 rings (SSSR count). The standard InChI is InChI=1S/C54H62F3N7O8S/c1-8-45(66)61-20-21-72-53(28-61)29-62(30-53)51(69)60(6)47(33(2)3)43(65)25-37-23-34-12-9-13-35(22-34)36-16-17-42-39(24-36)40(26-52(4,5)32-71-50(68)41-15-11-19-64(59-41)49(37)67)48(63(42)31-54(55,56)57)38-14-10-18-58-46(38)44(27-73)70-7/h8-10,12-14,16-18,22,24-25,27,33,41,44,47,59H,1,11,15,19-21,23,26,28-32H2,2-7H3/b37-25-/t41-,44-,47-/m0/s1. The highest BCUT2D eigenvalue weighted by Gasteiger charge is 2.51. The highest BCUT2D eigenvalue weighted by molar-refractivity contribution is 7.79. The smallest absolute Gasteiger partial charge is 0.406 e. The van der Waals surface area contributed by atoms with Gasteiger partial charge in [-0.2, -0.15) is 13.2 Å². The Morgan fingerprint density at radius 1 is 1.04 bits per heavy atom. The molecule has 0 radical (unpaired) electrons. The Hall–Kier alpha value is -6.28. The number of cyclic esters (lactones) is 1. The number of carbonyl (C=O) groups excluding carboxylic acids is 5. The average Bonchev–Trinajstić information content (AvgIpc) is 3.63. The average molecular weight is 1030 g/mol. The largest absolute Gasteiger partial charge is 0.464 e. The Morgan fingerprint density at radius 3 is 2.48 bits per heavy atom. The van der Waals surface area contributed by atoms with Gasteiger partial charge in [-0.15, -0.1) is 0 Å². The molecule has 4 aromatic rings. The van der Waals surface area contributed by atoms with Crippen molar-refractivity contribution in [2.24, 2.45) is 11.3 Å². The van der Waals surface area contributed by atoms with Gasteiger partial charge in [0.1, 0.15) is 24.3 Å². The number of alkyl halides is 3. The molecule has 1 N–H and O–H groups in total. The third-order valence-electron chi connectivity index (χ3n) is 14.1. The van der Waals surface area contributed by atoms with Crippen molar-refractivity contribution in [3.63, 3.8) is 0 Å². The number of esters is 1. The van der Waals surface area contributed by atoms with E-state index >= 15 is 0 Å². The summed E-state index contributed by atoms with van der Waals surface area (Å²) in [5, 5.41) is 3.26. The number of pyridine rings is 1. The number of fused-ring (bicyclic) bond motifs is 6. The molecule has 4 aliphatic heterocycles. The van der Waals surface area contributed by atoms with Crippen molar-refractivity contribution in [2.45, 2.75) is 89.9 Å². The molecule has 3 saturated heterocycles. The first-order valence-electron chi connectivity index (χ1n) is 24.5. The fourth-order valence-electron chi connectivity index (χ4n) is 10.7. The molecule has 4 aliphatic rings. The minimum Gasteiger partial charge on any atom is -0.464 e. The van der Waals surface area contributed by atoms with E-state index in [-0.39, 0.29) is 62.2 Å². The Morgan fingerprint density at radius 2 is 1.78 bits per heavy atom. The van der Waals surface area contributed by atoms with E-state index in [0.717, 1.165) is 0 Å². The second kappa shape index (κ2) is 21.3. The van der Waals surface area contributed by atoms with E-state index in [1.165, 1.54) is 45.3 Å². The number of aromatic nitrogens is 2. The molecule has 3 fully saturated rings. The summed E-state index contributed by atoms with van der Waals surface area (Å²) in [7, 11) is 3.00. The van der Waals surface area contributed by atoms with E-state index in [2.05, 4.69) is 17.0 Å². The lowest BCUT2D eigenvalue weighted by atomic mass is 9.84. The van der Waals surface area contributed by atoms with Gasteiger partial charge in [-0.05, 0) is 83.9 Å². The van der Waals surface area contributed by atoms with Crippen LogP contribution in [0.4, 0.5) is 18.0 Å². The number of hydrogen-bond donors (Lipinski definition) is 1. The van der Waals surface area contributed by atoms with Gasteiger partial charge in [0.15, 0.2) is 5.78 Å². The highest BCUT2D eigenvalue weighted by Crippen LogP contribution is 2.43. The second-order valence-electron chi connectivity index (χ2n) is 20.6. The number of amides is 4. The Kier molecular flexibility index (Phi) is 15.5. The molecule has 0 saturated carbocycles. The Bertz CT molecular complexity index is 2860. The van der Waals surface area contributed by atoms with Crippen LogP contribution in [0.3, 0.4) is 0 Å². The fourth-order valence-corrected chi connectivity index (χ4v) is 10.9. The molecule has 2 aromatic heterocycles. The summed E-state index contributed by atoms with van der Waals surface area (Å²) >= 11 is 5.30. The van der Waals surface area contributed by atoms with Gasteiger partial charge in [0.2, 0.25) is 5.91 Å². The summed E-state index contributed by atoms with van der Waals surface area (Å²) in [5.41, 5.74) is 5.57. The number of methoxy groups -OCH3 is 1. The maximum atomic E-state index is 14.8. The molecular formula is C54H62F3N7O8S. The number of rotatable bonds is 10. The van der Waals surface area contributed by atoms with Crippen LogP contribution in [0, 0.1) is 11.3 Å². The number of hydrazine groups is 1. The van der Waals surface area contributed by atoms with Crippen LogP contribution in [0.1, 0.15) is 63.5 Å². The Labute approximate surface area is 428 Å². The zero-order chi connectivity index (χ0) is 52.6. The van der Waals surface area contributed by atoms with Crippen molar-refractivity contribution >= 4 is 58.1 Å². The maximum absolute atomic E-state index is 14.8. The molecule has 15 nitrogen and oxygen atoms in total. The quantitative estimate of drug-likeness (QED) is 0.0957. The monoisotopic (exact) mass is 1030 g/mol. The van der Waals surface area contributed by atoms with Gasteiger partial charge in [0, 0.05) is 72.7 Å². The molecule has 6 heterocycles. The van der Waals surface area contributed by atoms with Gasteiger partial charge < -0.3 is 33.5 Å². The first-order valence-corrected chi connectivity index (χ1v) is 24.9. The second-order valence-corrected chi connectivity index (χ2v) is 20.9. The zero-order valence-electron chi connectivity index (χ0n) is 42.0. The fraction of sp³-hybridized carbons (Fsp3) is 0.463. The number of ether oxygens (including phenoxy) is 3. The van der Waals surface area contributed by atoms with E-state index in [0.29, 0.717) is 77.0 Å². The number of nitrogens with one attached hydrogen (secondary N) is 1. The summed E-state index contributed by atoms with van der Waals surface area (Å²) in [5.74, 6) is -2.23. The summed E-state index contributed by atoms with van der Waals surface area (Å²) in [4.78, 5) is 79.0. The molecule has 6 bridgehead atoms. The van der Waals surface area contributed by atoms with Gasteiger partial charge in [0.05, 0.1) is 50.3 Å². The van der Waals surface area contributed by atoms with E-state index in [9.17, 15) is 37.1 Å². The zero-order valence-corrected chi connectivity index (χ0v) is 42.8. The van der Waals surface area contributed by atoms with Gasteiger partial charge in [-0.25, -0.2) is 10.2 Å². The summed E-state index contributed by atoms with van der Waals surface area (Å²) in [6.45, 7) is 11.2. The van der Waals surface area contributed by atoms with E-state index in [4.69, 9.17) is 26.4 Å². The number of nitrogens with zero attached hydrogens (tertiary/aromatic N) is 6. The molecule has 73 heavy (non-hydrogen) atoms. The molecule has 19 heteroatoms. The lowest BCUT2D eigenvalue weighted by Crippen LogP contribution is -2.73. The van der Waals surface area contributed by atoms with Crippen LogP contribution in [0.15, 0.2) is 85.1 Å². The van der Waals surface area contributed by atoms with Crippen LogP contribution in [-0.4, -0.2) is 148 Å². The van der Waals surface area contributed by atoms with Crippen LogP contribution in [0.5, 0.6) is 0 Å². The van der Waals surface area contributed by atoms with E-state index in [1.54, 1.807) is 41.1 Å². The lowest BCUT2D eigenvalue weighted by Gasteiger charge is -2.54. The van der Waals surface area contributed by atoms with Crippen LogP contribution in [-0.2, 0) is 52.8 Å². The summed E-state index contributed by atoms with van der Waals surface area (Å²) in [6.07, 6.45) is -0.424. The van der Waals surface area contributed by atoms with Gasteiger partial charge in [-0.1, -0.05) is 76.8 Å². The number of hydrogen-bond acceptors (Lipinski definition) is 11. The number of urea groups is 1. The number of ketones is 1. The topological polar surface area (TPSA) is 156 Å². The number of morpholine rings is 1. The number of benzene rings is 2. The van der Waals surface area contributed by atoms with E-state index < -0.39 is 65.6 Å². The van der Waals surface area contributed by atoms with Crippen molar-refractivity contribution < 1.29 is 51.4 Å². The first kappa shape index (κ1) is 53.0. The van der Waals surface area contributed by atoms with Crippen LogP contribution >= 0.6 is 12.2 Å². The molecule has 2 aromatic carbocycles. The molecule has 3 atom stereocenters. The number of carbonyl (C=O) groups is 5. The van der Waals surface area contributed by atoms with Crippen molar-refractivity contribution in [2.75, 3.05) is 60.1 Å². The molecule has 0 aliphatic carbocycles. The van der Waals surface area contributed by atoms with Crippen molar-refractivity contribution in [1.29, 1.82) is 0 Å². The number of likely N-dealkylation sites (N-methyl/N-ethyl adjacent to an activating group) is 1. The summed E-state index contributed by atoms with van der Waals surface area (Å²) < 4.78 is 63.3. The number of thiocarbonyl (C=S) groups is 1. The van der Waals surface area contributed by atoms with Crippen LogP contribution < -0.4 is 5.43 Å². The third-order valence-corrected chi connectivity index (χ3v) is 14.3. The van der Waals surface area contributed by atoms with Crippen molar-refractivity contribution in [3.05, 3.63) is 102 Å². The number of halogens is 3. The molecule has 4 amide bonds. The molecule has 1 spiro atoms. The highest BCUT2D eigenvalue weighted by atomic mass is 32.1. The third kappa shape index (κ3) is 11.3. The molecule has 0 unspecified atom stereocenters. The van der Waals surface area contributed by atoms with Gasteiger partial charge in [0.25, 0.3) is 5.91 Å². The van der Waals surface area contributed by atoms with E-state index in [1.807, 2.05) is 58.0 Å². The van der Waals surface area contributed by atoms with Gasteiger partial charge >= 0.3 is 18.2 Å². The maximum Gasteiger partial charge on any atom is 0.406 e. The minimum atomic E-state index is -4.62. The minimum absolute atomic E-state index is 0.0296. The first-order chi connectivity index (χ1) is 34.6. The van der Waals surface area contributed by atoms with Crippen LogP contribution in [0.2, 0.25) is 0 Å². The van der Waals surface area contributed by atoms with Crippen molar-refractivity contribution in [1.82, 2.24) is 34.7 Å². The Balaban J connectivity index is 1.20. The SMILES string of the molecule is C=CC(=O)N1CCOC2(C1)CN(C(=O)N(C)[C@H](C(=O)/C=C1/Cc3cccc(c3)-c3ccc4c(c3)c(c(-c3cccnc3[C@H](C=S)OC)n4CC(F)(F)F)CC(C)(C)COC(=O)[C@@H]3CCCN(N3)C1=O)C(C)C)C2. The van der Waals surface area contributed by atoms with Crippen LogP contribution in [0.25, 0.3) is 33.3 Å². The lowest BCUT2D eigenvalue weighted by molar-refractivity contribution is -0.178. The number of likely N-dealkylation sites (tertiary alicyclic amines) is 1. The normalized spacial score (nSPS) is 20.5. The van der Waals surface area contributed by atoms with Gasteiger partial charge in [-0.3, -0.25) is 29.2 Å². The molecule has 388 valence electrons. The predicted molar refractivity (Wildman–Crippen MR) is 272 cm³/mol. The molecular weight excluding hydrogens is 964 g/mol. The predicted octanol–water partition coefficient (Wildman–Crippen LogP) is 7.45. The summed E-state index contributed by atoms with van der Waals surface area (Å²) in [6, 6.07) is 13.7.